The molecule has 0 aromatic heterocycles. The van der Waals surface area contributed by atoms with Gasteiger partial charge >= 0.3 is 0 Å². The second-order valence-electron chi connectivity index (χ2n) is 6.13. The molecular formula is C19H19F2NO. The van der Waals surface area contributed by atoms with Gasteiger partial charge in [-0.2, -0.15) is 0 Å². The Morgan fingerprint density at radius 3 is 2.43 bits per heavy atom. The van der Waals surface area contributed by atoms with Gasteiger partial charge in [-0.15, -0.1) is 0 Å². The van der Waals surface area contributed by atoms with Gasteiger partial charge < -0.3 is 4.90 Å². The molecular weight excluding hydrogens is 296 g/mol. The van der Waals surface area contributed by atoms with Crippen LogP contribution in [0.5, 0.6) is 0 Å². The molecule has 2 aromatic rings. The molecule has 1 amide bonds. The summed E-state index contributed by atoms with van der Waals surface area (Å²) in [7, 11) is 0. The Hall–Kier alpha value is -2.23. The predicted molar refractivity (Wildman–Crippen MR) is 84.9 cm³/mol. The lowest BCUT2D eigenvalue weighted by molar-refractivity contribution is 0.0653. The number of hydrogen-bond donors (Lipinski definition) is 0. The van der Waals surface area contributed by atoms with E-state index >= 15 is 0 Å². The van der Waals surface area contributed by atoms with Crippen molar-refractivity contribution in [3.63, 3.8) is 0 Å². The molecule has 0 spiro atoms. The number of amides is 1. The van der Waals surface area contributed by atoms with E-state index in [2.05, 4.69) is 0 Å². The van der Waals surface area contributed by atoms with Crippen LogP contribution in [0.25, 0.3) is 0 Å². The van der Waals surface area contributed by atoms with Crippen LogP contribution in [-0.2, 0) is 6.54 Å². The highest BCUT2D eigenvalue weighted by molar-refractivity contribution is 5.94. The van der Waals surface area contributed by atoms with Gasteiger partial charge in [0, 0.05) is 18.2 Å². The minimum atomic E-state index is -0.991. The first kappa shape index (κ1) is 15.7. The molecule has 2 aromatic carbocycles. The topological polar surface area (TPSA) is 20.3 Å². The van der Waals surface area contributed by atoms with Crippen LogP contribution in [0.1, 0.15) is 35.7 Å². The summed E-state index contributed by atoms with van der Waals surface area (Å²) in [6, 6.07) is 13.1. The molecule has 0 saturated heterocycles. The van der Waals surface area contributed by atoms with Gasteiger partial charge in [0.15, 0.2) is 11.6 Å². The third kappa shape index (κ3) is 3.58. The molecule has 1 fully saturated rings. The zero-order valence-corrected chi connectivity index (χ0v) is 13.0. The fourth-order valence-electron chi connectivity index (χ4n) is 2.81. The molecule has 0 radical (unpaired) electrons. The van der Waals surface area contributed by atoms with Crippen LogP contribution in [-0.4, -0.2) is 16.8 Å². The smallest absolute Gasteiger partial charge is 0.254 e. The third-order valence-corrected chi connectivity index (χ3v) is 4.42. The van der Waals surface area contributed by atoms with Crippen molar-refractivity contribution in [1.29, 1.82) is 0 Å². The molecule has 4 heteroatoms. The van der Waals surface area contributed by atoms with Gasteiger partial charge in [0.05, 0.1) is 0 Å². The molecule has 1 saturated carbocycles. The molecule has 1 atom stereocenters. The van der Waals surface area contributed by atoms with E-state index in [0.29, 0.717) is 12.5 Å². The molecule has 2 nitrogen and oxygen atoms in total. The fourth-order valence-corrected chi connectivity index (χ4v) is 2.81. The summed E-state index contributed by atoms with van der Waals surface area (Å²) in [4.78, 5) is 14.6. The average Bonchev–Trinajstić information content (AvgIpc) is 3.40. The predicted octanol–water partition coefficient (Wildman–Crippen LogP) is 4.41. The van der Waals surface area contributed by atoms with Crippen molar-refractivity contribution in [2.45, 2.75) is 32.4 Å². The van der Waals surface area contributed by atoms with Crippen molar-refractivity contribution in [2.24, 2.45) is 5.92 Å². The summed E-state index contributed by atoms with van der Waals surface area (Å²) in [5.41, 5.74) is 1.21. The summed E-state index contributed by atoms with van der Waals surface area (Å²) >= 11 is 0. The molecule has 0 heterocycles. The normalized spacial score (nSPS) is 15.3. The quantitative estimate of drug-likeness (QED) is 0.800. The number of halogens is 2. The highest BCUT2D eigenvalue weighted by atomic mass is 19.2. The minimum absolute atomic E-state index is 0.0795. The molecule has 23 heavy (non-hydrogen) atoms. The van der Waals surface area contributed by atoms with Crippen molar-refractivity contribution in [2.75, 3.05) is 0 Å². The maximum Gasteiger partial charge on any atom is 0.254 e. The van der Waals surface area contributed by atoms with Crippen LogP contribution < -0.4 is 0 Å². The molecule has 3 rings (SSSR count). The number of rotatable bonds is 5. The molecule has 0 N–H and O–H groups in total. The van der Waals surface area contributed by atoms with Crippen molar-refractivity contribution in [3.05, 3.63) is 71.3 Å². The Morgan fingerprint density at radius 1 is 1.13 bits per heavy atom. The Balaban J connectivity index is 1.87. The van der Waals surface area contributed by atoms with Crippen molar-refractivity contribution >= 4 is 5.91 Å². The monoisotopic (exact) mass is 315 g/mol. The van der Waals surface area contributed by atoms with E-state index in [0.717, 1.165) is 30.5 Å². The maximum absolute atomic E-state index is 13.5. The maximum atomic E-state index is 13.5. The van der Waals surface area contributed by atoms with Crippen LogP contribution in [0, 0.1) is 17.6 Å². The van der Waals surface area contributed by atoms with E-state index in [1.807, 2.05) is 37.3 Å². The van der Waals surface area contributed by atoms with E-state index < -0.39 is 11.6 Å². The van der Waals surface area contributed by atoms with Crippen LogP contribution in [0.3, 0.4) is 0 Å². The average molecular weight is 315 g/mol. The largest absolute Gasteiger partial charge is 0.331 e. The van der Waals surface area contributed by atoms with Crippen LogP contribution in [0.15, 0.2) is 48.5 Å². The van der Waals surface area contributed by atoms with Gasteiger partial charge in [-0.25, -0.2) is 8.78 Å². The SMILES string of the molecule is CC(C1CC1)N(Cc1ccccc1)C(=O)c1ccc(F)c(F)c1. The molecule has 0 bridgehead atoms. The summed E-state index contributed by atoms with van der Waals surface area (Å²) in [6.45, 7) is 2.49. The lowest BCUT2D eigenvalue weighted by atomic mass is 10.1. The van der Waals surface area contributed by atoms with Gasteiger partial charge in [0.25, 0.3) is 5.91 Å². The number of carbonyl (C=O) groups is 1. The number of benzene rings is 2. The Kier molecular flexibility index (Phi) is 4.42. The molecule has 1 aliphatic carbocycles. The van der Waals surface area contributed by atoms with Gasteiger partial charge in [0.1, 0.15) is 0 Å². The number of nitrogens with zero attached hydrogens (tertiary/aromatic N) is 1. The van der Waals surface area contributed by atoms with Crippen LogP contribution >= 0.6 is 0 Å². The lowest BCUT2D eigenvalue weighted by Gasteiger charge is -2.30. The summed E-state index contributed by atoms with van der Waals surface area (Å²) in [5.74, 6) is -1.69. The minimum Gasteiger partial charge on any atom is -0.331 e. The third-order valence-electron chi connectivity index (χ3n) is 4.42. The van der Waals surface area contributed by atoms with Crippen molar-refractivity contribution in [3.8, 4) is 0 Å². The summed E-state index contributed by atoms with van der Waals surface area (Å²) < 4.78 is 26.6. The van der Waals surface area contributed by atoms with Crippen molar-refractivity contribution < 1.29 is 13.6 Å². The van der Waals surface area contributed by atoms with Gasteiger partial charge in [-0.3, -0.25) is 4.79 Å². The fraction of sp³-hybridized carbons (Fsp3) is 0.316. The first-order chi connectivity index (χ1) is 11.1. The zero-order chi connectivity index (χ0) is 16.4. The van der Waals surface area contributed by atoms with Crippen LogP contribution in [0.4, 0.5) is 8.78 Å². The summed E-state index contributed by atoms with van der Waals surface area (Å²) in [6.07, 6.45) is 2.22. The second kappa shape index (κ2) is 6.49. The zero-order valence-electron chi connectivity index (χ0n) is 13.0. The highest BCUT2D eigenvalue weighted by Gasteiger charge is 2.34. The standard InChI is InChI=1S/C19H19F2NO/c1-13(15-7-8-15)22(12-14-5-3-2-4-6-14)19(23)16-9-10-17(20)18(21)11-16/h2-6,9-11,13,15H,7-8,12H2,1H3. The highest BCUT2D eigenvalue weighted by Crippen LogP contribution is 2.36. The van der Waals surface area contributed by atoms with Crippen molar-refractivity contribution in [1.82, 2.24) is 4.90 Å². The second-order valence-corrected chi connectivity index (χ2v) is 6.13. The van der Waals surface area contributed by atoms with Gasteiger partial charge in [-0.1, -0.05) is 30.3 Å². The lowest BCUT2D eigenvalue weighted by Crippen LogP contribution is -2.39. The Bertz CT molecular complexity index is 698. The van der Waals surface area contributed by atoms with Crippen LogP contribution in [0.2, 0.25) is 0 Å². The molecule has 1 unspecified atom stereocenters. The van der Waals surface area contributed by atoms with E-state index in [1.54, 1.807) is 4.90 Å². The number of carbonyl (C=O) groups excluding carboxylic acids is 1. The van der Waals surface area contributed by atoms with Gasteiger partial charge in [-0.05, 0) is 49.4 Å². The molecule has 1 aliphatic rings. The van der Waals surface area contributed by atoms with Gasteiger partial charge in [0.2, 0.25) is 0 Å². The first-order valence-electron chi connectivity index (χ1n) is 7.86. The van der Waals surface area contributed by atoms with E-state index in [-0.39, 0.29) is 17.5 Å². The molecule has 0 aliphatic heterocycles. The number of hydrogen-bond acceptors (Lipinski definition) is 1. The Labute approximate surface area is 134 Å². The van der Waals surface area contributed by atoms with E-state index in [4.69, 9.17) is 0 Å². The molecule has 120 valence electrons. The van der Waals surface area contributed by atoms with E-state index in [9.17, 15) is 13.6 Å². The Morgan fingerprint density at radius 2 is 1.83 bits per heavy atom. The summed E-state index contributed by atoms with van der Waals surface area (Å²) in [5, 5.41) is 0. The first-order valence-corrected chi connectivity index (χ1v) is 7.86. The van der Waals surface area contributed by atoms with E-state index in [1.165, 1.54) is 6.07 Å².